The number of rotatable bonds is 12. The normalized spacial score (nSPS) is 10.9. The predicted octanol–water partition coefficient (Wildman–Crippen LogP) is 4.17. The number of unbranched alkanes of at least 4 members (excludes halogenated alkanes) is 1. The molecule has 5 aromatic rings. The number of carbonyl (C=O) groups is 2. The number of hydrogen-bond donors (Lipinski definition) is 2. The molecule has 2 N–H and O–H groups in total. The van der Waals surface area contributed by atoms with Crippen LogP contribution in [0.2, 0.25) is 0 Å². The van der Waals surface area contributed by atoms with Crippen LogP contribution in [0.1, 0.15) is 28.4 Å². The Morgan fingerprint density at radius 3 is 2.05 bits per heavy atom. The number of benzene rings is 2. The Morgan fingerprint density at radius 1 is 0.775 bits per heavy atom. The van der Waals surface area contributed by atoms with E-state index in [9.17, 15) is 14.0 Å². The standard InChI is InChI=1S/C26H24FN9O2S2/c27-19-12-10-18(11-13-19)20-15-36(35-30-20)16-22(38)29-26-34-32-24(40-26)9-5-4-8-23-31-33-25(39-23)28-21(37)14-17-6-2-1-3-7-17/h1-3,6-7,10-13,15H,4-5,8-9,14,16H2,(H,28,33,37)(H,29,34,38). The number of aryl methyl sites for hydroxylation is 2. The highest BCUT2D eigenvalue weighted by Gasteiger charge is 2.12. The average Bonchev–Trinajstić information content (AvgIpc) is 3.70. The van der Waals surface area contributed by atoms with E-state index in [-0.39, 0.29) is 24.2 Å². The number of nitrogens with zero attached hydrogens (tertiary/aromatic N) is 7. The molecule has 2 amide bonds. The van der Waals surface area contributed by atoms with Gasteiger partial charge in [-0.3, -0.25) is 14.9 Å². The van der Waals surface area contributed by atoms with Gasteiger partial charge in [0.05, 0.1) is 12.6 Å². The Labute approximate surface area is 236 Å². The number of nitrogens with one attached hydrogen (secondary N) is 2. The third kappa shape index (κ3) is 7.80. The summed E-state index contributed by atoms with van der Waals surface area (Å²) >= 11 is 2.70. The van der Waals surface area contributed by atoms with Crippen LogP contribution in [0, 0.1) is 5.82 Å². The Bertz CT molecular complexity index is 1570. The van der Waals surface area contributed by atoms with Gasteiger partial charge < -0.3 is 5.32 Å². The molecule has 0 unspecified atom stereocenters. The van der Waals surface area contributed by atoms with Crippen molar-refractivity contribution in [1.82, 2.24) is 35.4 Å². The van der Waals surface area contributed by atoms with Crippen molar-refractivity contribution in [3.63, 3.8) is 0 Å². The molecule has 40 heavy (non-hydrogen) atoms. The molecule has 3 heterocycles. The van der Waals surface area contributed by atoms with Gasteiger partial charge in [-0.15, -0.1) is 25.5 Å². The predicted molar refractivity (Wildman–Crippen MR) is 149 cm³/mol. The van der Waals surface area contributed by atoms with Gasteiger partial charge in [0, 0.05) is 18.4 Å². The maximum absolute atomic E-state index is 13.1. The van der Waals surface area contributed by atoms with Crippen molar-refractivity contribution in [2.45, 2.75) is 38.6 Å². The molecule has 0 spiro atoms. The third-order valence-electron chi connectivity index (χ3n) is 5.65. The van der Waals surface area contributed by atoms with Crippen molar-refractivity contribution in [3.8, 4) is 11.3 Å². The number of aromatic nitrogens is 7. The number of hydrogen-bond acceptors (Lipinski definition) is 10. The molecule has 0 atom stereocenters. The van der Waals surface area contributed by atoms with Crippen LogP contribution in [-0.2, 0) is 35.4 Å². The molecule has 0 aliphatic carbocycles. The first kappa shape index (κ1) is 27.1. The maximum atomic E-state index is 13.1. The van der Waals surface area contributed by atoms with Gasteiger partial charge in [0.15, 0.2) is 0 Å². The molecule has 0 radical (unpaired) electrons. The molecular weight excluding hydrogens is 553 g/mol. The lowest BCUT2D eigenvalue weighted by molar-refractivity contribution is -0.117. The molecule has 0 bridgehead atoms. The van der Waals surface area contributed by atoms with Gasteiger partial charge in [-0.2, -0.15) is 0 Å². The minimum atomic E-state index is -0.334. The second kappa shape index (κ2) is 13.1. The molecule has 11 nitrogen and oxygen atoms in total. The summed E-state index contributed by atoms with van der Waals surface area (Å²) in [7, 11) is 0. The van der Waals surface area contributed by atoms with Gasteiger partial charge in [0.25, 0.3) is 0 Å². The molecular formula is C26H24FN9O2S2. The SMILES string of the molecule is O=C(Cc1ccccc1)Nc1nnc(CCCCc2nnc(NC(=O)Cn3cc(-c4ccc(F)cc4)nn3)s2)s1. The fourth-order valence-electron chi connectivity index (χ4n) is 3.74. The highest BCUT2D eigenvalue weighted by atomic mass is 32.1. The van der Waals surface area contributed by atoms with E-state index in [2.05, 4.69) is 41.3 Å². The first-order valence-electron chi connectivity index (χ1n) is 12.4. The fraction of sp³-hybridized carbons (Fsp3) is 0.231. The second-order valence-electron chi connectivity index (χ2n) is 8.78. The van der Waals surface area contributed by atoms with Crippen molar-refractivity contribution in [2.24, 2.45) is 0 Å². The van der Waals surface area contributed by atoms with Crippen LogP contribution >= 0.6 is 22.7 Å². The van der Waals surface area contributed by atoms with Crippen molar-refractivity contribution in [2.75, 3.05) is 10.6 Å². The summed E-state index contributed by atoms with van der Waals surface area (Å²) in [6.45, 7) is -0.0420. The first-order valence-corrected chi connectivity index (χ1v) is 14.1. The lowest BCUT2D eigenvalue weighted by atomic mass is 10.1. The van der Waals surface area contributed by atoms with E-state index in [1.54, 1.807) is 18.3 Å². The highest BCUT2D eigenvalue weighted by Crippen LogP contribution is 2.21. The molecule has 14 heteroatoms. The fourth-order valence-corrected chi connectivity index (χ4v) is 5.34. The minimum absolute atomic E-state index is 0.0420. The van der Waals surface area contributed by atoms with Crippen LogP contribution in [0.5, 0.6) is 0 Å². The van der Waals surface area contributed by atoms with Gasteiger partial charge in [-0.1, -0.05) is 58.2 Å². The lowest BCUT2D eigenvalue weighted by Crippen LogP contribution is -2.19. The zero-order valence-corrected chi connectivity index (χ0v) is 22.8. The second-order valence-corrected chi connectivity index (χ2v) is 10.9. The Morgan fingerprint density at radius 2 is 1.40 bits per heavy atom. The van der Waals surface area contributed by atoms with Crippen LogP contribution in [-0.4, -0.2) is 47.2 Å². The van der Waals surface area contributed by atoms with E-state index >= 15 is 0 Å². The molecule has 0 saturated carbocycles. The number of anilines is 2. The van der Waals surface area contributed by atoms with Crippen molar-refractivity contribution in [3.05, 3.63) is 82.2 Å². The summed E-state index contributed by atoms with van der Waals surface area (Å²) in [4.78, 5) is 24.6. The summed E-state index contributed by atoms with van der Waals surface area (Å²) in [6, 6.07) is 15.4. The maximum Gasteiger partial charge on any atom is 0.247 e. The van der Waals surface area contributed by atoms with Gasteiger partial charge in [-0.25, -0.2) is 9.07 Å². The Kier molecular flexibility index (Phi) is 8.88. The Hall–Kier alpha value is -4.43. The van der Waals surface area contributed by atoms with E-state index < -0.39 is 0 Å². The van der Waals surface area contributed by atoms with E-state index in [1.165, 1.54) is 39.5 Å². The van der Waals surface area contributed by atoms with Gasteiger partial charge in [-0.05, 0) is 42.7 Å². The monoisotopic (exact) mass is 577 g/mol. The van der Waals surface area contributed by atoms with Crippen molar-refractivity contribution in [1.29, 1.82) is 0 Å². The summed E-state index contributed by atoms with van der Waals surface area (Å²) in [5.74, 6) is -0.760. The largest absolute Gasteiger partial charge is 0.300 e. The Balaban J connectivity index is 1.01. The van der Waals surface area contributed by atoms with Crippen molar-refractivity contribution >= 4 is 44.8 Å². The van der Waals surface area contributed by atoms with Gasteiger partial charge in [0.2, 0.25) is 22.1 Å². The summed E-state index contributed by atoms with van der Waals surface area (Å²) < 4.78 is 14.5. The van der Waals surface area contributed by atoms with E-state index in [0.717, 1.165) is 41.3 Å². The average molecular weight is 578 g/mol. The quantitative estimate of drug-likeness (QED) is 0.211. The number of amides is 2. The molecule has 0 aliphatic rings. The van der Waals surface area contributed by atoms with E-state index in [0.29, 0.717) is 27.9 Å². The molecule has 3 aromatic heterocycles. The van der Waals surface area contributed by atoms with Crippen LogP contribution in [0.3, 0.4) is 0 Å². The molecule has 0 fully saturated rings. The highest BCUT2D eigenvalue weighted by molar-refractivity contribution is 7.15. The van der Waals surface area contributed by atoms with Crippen LogP contribution in [0.4, 0.5) is 14.7 Å². The zero-order chi connectivity index (χ0) is 27.7. The summed E-state index contributed by atoms with van der Waals surface area (Å²) in [5.41, 5.74) is 2.19. The topological polar surface area (TPSA) is 140 Å². The summed E-state index contributed by atoms with van der Waals surface area (Å²) in [5, 5.41) is 32.6. The zero-order valence-electron chi connectivity index (χ0n) is 21.2. The first-order chi connectivity index (χ1) is 19.5. The third-order valence-corrected chi connectivity index (χ3v) is 7.45. The van der Waals surface area contributed by atoms with Crippen LogP contribution in [0.15, 0.2) is 60.8 Å². The van der Waals surface area contributed by atoms with Gasteiger partial charge in [0.1, 0.15) is 28.1 Å². The molecule has 0 aliphatic heterocycles. The van der Waals surface area contributed by atoms with Gasteiger partial charge >= 0.3 is 0 Å². The van der Waals surface area contributed by atoms with Crippen molar-refractivity contribution < 1.29 is 14.0 Å². The molecule has 2 aromatic carbocycles. The van der Waals surface area contributed by atoms with Crippen LogP contribution < -0.4 is 10.6 Å². The number of carbonyl (C=O) groups excluding carboxylic acids is 2. The minimum Gasteiger partial charge on any atom is -0.300 e. The number of halogens is 1. The molecule has 204 valence electrons. The van der Waals surface area contributed by atoms with Crippen LogP contribution in [0.25, 0.3) is 11.3 Å². The molecule has 0 saturated heterocycles. The van der Waals surface area contributed by atoms with E-state index in [4.69, 9.17) is 0 Å². The van der Waals surface area contributed by atoms with E-state index in [1.807, 2.05) is 30.3 Å². The summed E-state index contributed by atoms with van der Waals surface area (Å²) in [6.07, 6.45) is 5.11. The molecule has 5 rings (SSSR count). The lowest BCUT2D eigenvalue weighted by Gasteiger charge is -2.00. The smallest absolute Gasteiger partial charge is 0.247 e.